The Balaban J connectivity index is 2.67. The van der Waals surface area contributed by atoms with Gasteiger partial charge in [0.15, 0.2) is 0 Å². The van der Waals surface area contributed by atoms with Gasteiger partial charge in [0.25, 0.3) is 0 Å². The van der Waals surface area contributed by atoms with Crippen molar-refractivity contribution in [1.29, 1.82) is 0 Å². The average molecular weight is 270 g/mol. The van der Waals surface area contributed by atoms with Crippen LogP contribution in [0.2, 0.25) is 0 Å². The van der Waals surface area contributed by atoms with Crippen molar-refractivity contribution in [3.05, 3.63) is 11.3 Å². The highest BCUT2D eigenvalue weighted by atomic mass is 16.7. The maximum absolute atomic E-state index is 12.0. The van der Waals surface area contributed by atoms with Gasteiger partial charge in [-0.15, -0.1) is 0 Å². The van der Waals surface area contributed by atoms with Crippen LogP contribution in [-0.2, 0) is 19.0 Å². The van der Waals surface area contributed by atoms with Gasteiger partial charge in [0, 0.05) is 7.11 Å². The molecule has 0 saturated carbocycles. The topological polar surface area (TPSA) is 44.8 Å². The zero-order valence-corrected chi connectivity index (χ0v) is 12.5. The minimum atomic E-state index is -0.346. The van der Waals surface area contributed by atoms with E-state index >= 15 is 0 Å². The van der Waals surface area contributed by atoms with Crippen LogP contribution in [-0.4, -0.2) is 26.0 Å². The lowest BCUT2D eigenvalue weighted by atomic mass is 9.93. The summed E-state index contributed by atoms with van der Waals surface area (Å²) in [6.45, 7) is 6.19. The number of carbonyl (C=O) groups is 1. The van der Waals surface area contributed by atoms with Crippen LogP contribution in [0.5, 0.6) is 0 Å². The summed E-state index contributed by atoms with van der Waals surface area (Å²) in [5.74, 6) is 0.381. The number of esters is 1. The third-order valence-corrected chi connectivity index (χ3v) is 3.47. The van der Waals surface area contributed by atoms with Crippen LogP contribution in [0.4, 0.5) is 0 Å². The number of unbranched alkanes of at least 4 members (excludes halogenated alkanes) is 3. The fourth-order valence-electron chi connectivity index (χ4n) is 2.50. The minimum absolute atomic E-state index is 0.000839. The zero-order chi connectivity index (χ0) is 14.3. The molecule has 0 spiro atoms. The van der Waals surface area contributed by atoms with Crippen molar-refractivity contribution in [2.24, 2.45) is 5.92 Å². The van der Waals surface area contributed by atoms with Crippen molar-refractivity contribution in [3.8, 4) is 0 Å². The fourth-order valence-corrected chi connectivity index (χ4v) is 2.50. The van der Waals surface area contributed by atoms with Crippen molar-refractivity contribution >= 4 is 5.97 Å². The molecule has 0 radical (unpaired) electrons. The minimum Gasteiger partial charge on any atom is -0.468 e. The summed E-state index contributed by atoms with van der Waals surface area (Å²) in [6.07, 6.45) is 5.25. The zero-order valence-electron chi connectivity index (χ0n) is 12.5. The van der Waals surface area contributed by atoms with Gasteiger partial charge in [0.1, 0.15) is 5.76 Å². The molecule has 110 valence electrons. The molecule has 0 saturated heterocycles. The molecule has 0 aromatic rings. The predicted molar refractivity (Wildman–Crippen MR) is 73.5 cm³/mol. The van der Waals surface area contributed by atoms with Crippen LogP contribution in [0.25, 0.3) is 0 Å². The molecule has 4 heteroatoms. The molecular formula is C15H26O4. The van der Waals surface area contributed by atoms with E-state index in [4.69, 9.17) is 14.2 Å². The molecule has 19 heavy (non-hydrogen) atoms. The van der Waals surface area contributed by atoms with Crippen LogP contribution in [0, 0.1) is 5.92 Å². The molecule has 0 aliphatic carbocycles. The van der Waals surface area contributed by atoms with Crippen LogP contribution in [0.1, 0.15) is 52.9 Å². The molecule has 0 amide bonds. The number of carbonyl (C=O) groups excluding carboxylic acids is 1. The number of hydrogen-bond donors (Lipinski definition) is 0. The Morgan fingerprint density at radius 2 is 2.00 bits per heavy atom. The summed E-state index contributed by atoms with van der Waals surface area (Å²) in [7, 11) is 1.62. The largest absolute Gasteiger partial charge is 0.468 e. The summed E-state index contributed by atoms with van der Waals surface area (Å²) in [6, 6.07) is 0. The Morgan fingerprint density at radius 3 is 2.58 bits per heavy atom. The van der Waals surface area contributed by atoms with Crippen molar-refractivity contribution in [3.63, 3.8) is 0 Å². The second-order valence-electron chi connectivity index (χ2n) is 4.87. The quantitative estimate of drug-likeness (QED) is 0.501. The standard InChI is InChI=1S/C15H26O4/c1-5-7-8-9-10-12-13(14(16)18-6-2)11(3)19-15(12)17-4/h12,15H,5-10H2,1-4H3. The van der Waals surface area contributed by atoms with Crippen molar-refractivity contribution in [2.75, 3.05) is 13.7 Å². The number of allylic oxidation sites excluding steroid dienone is 1. The summed E-state index contributed by atoms with van der Waals surface area (Å²) >= 11 is 0. The van der Waals surface area contributed by atoms with E-state index in [-0.39, 0.29) is 18.2 Å². The highest BCUT2D eigenvalue weighted by Crippen LogP contribution is 2.35. The smallest absolute Gasteiger partial charge is 0.337 e. The van der Waals surface area contributed by atoms with Crippen molar-refractivity contribution in [2.45, 2.75) is 59.2 Å². The molecule has 0 bridgehead atoms. The third-order valence-electron chi connectivity index (χ3n) is 3.47. The molecule has 2 unspecified atom stereocenters. The van der Waals surface area contributed by atoms with Crippen molar-refractivity contribution in [1.82, 2.24) is 0 Å². The second-order valence-corrected chi connectivity index (χ2v) is 4.87. The summed E-state index contributed by atoms with van der Waals surface area (Å²) in [5.41, 5.74) is 0.658. The van der Waals surface area contributed by atoms with Crippen LogP contribution >= 0.6 is 0 Å². The van der Waals surface area contributed by atoms with E-state index < -0.39 is 0 Å². The molecule has 1 aliphatic heterocycles. The monoisotopic (exact) mass is 270 g/mol. The lowest BCUT2D eigenvalue weighted by molar-refractivity contribution is -0.140. The van der Waals surface area contributed by atoms with Gasteiger partial charge in [-0.2, -0.15) is 0 Å². The Bertz CT molecular complexity index is 322. The van der Waals surface area contributed by atoms with Gasteiger partial charge in [0.2, 0.25) is 6.29 Å². The first kappa shape index (κ1) is 16.0. The van der Waals surface area contributed by atoms with E-state index in [9.17, 15) is 4.79 Å². The van der Waals surface area contributed by atoms with Gasteiger partial charge >= 0.3 is 5.97 Å². The normalized spacial score (nSPS) is 22.5. The molecular weight excluding hydrogens is 244 g/mol. The summed E-state index contributed by atoms with van der Waals surface area (Å²) in [5, 5.41) is 0. The average Bonchev–Trinajstić information content (AvgIpc) is 2.71. The Hall–Kier alpha value is -1.03. The third kappa shape index (κ3) is 4.23. The SMILES string of the molecule is CCCCCCC1C(C(=O)OCC)=C(C)OC1OC. The molecule has 1 heterocycles. The van der Waals surface area contributed by atoms with Gasteiger partial charge < -0.3 is 14.2 Å². The number of ether oxygens (including phenoxy) is 3. The Kier molecular flexibility index (Phi) is 6.92. The summed E-state index contributed by atoms with van der Waals surface area (Å²) < 4.78 is 16.1. The van der Waals surface area contributed by atoms with E-state index in [1.807, 2.05) is 13.8 Å². The van der Waals surface area contributed by atoms with Gasteiger partial charge in [0.05, 0.1) is 18.1 Å². The number of hydrogen-bond acceptors (Lipinski definition) is 4. The lowest BCUT2D eigenvalue weighted by Gasteiger charge is -2.19. The molecule has 2 atom stereocenters. The number of methoxy groups -OCH3 is 1. The van der Waals surface area contributed by atoms with Crippen LogP contribution in [0.15, 0.2) is 11.3 Å². The maximum atomic E-state index is 12.0. The lowest BCUT2D eigenvalue weighted by Crippen LogP contribution is -2.24. The first-order chi connectivity index (χ1) is 9.15. The van der Waals surface area contributed by atoms with E-state index in [1.165, 1.54) is 19.3 Å². The maximum Gasteiger partial charge on any atom is 0.337 e. The molecule has 0 fully saturated rings. The highest BCUT2D eigenvalue weighted by Gasteiger charge is 2.39. The van der Waals surface area contributed by atoms with E-state index in [1.54, 1.807) is 7.11 Å². The van der Waals surface area contributed by atoms with Gasteiger partial charge in [-0.1, -0.05) is 32.6 Å². The summed E-state index contributed by atoms with van der Waals surface area (Å²) in [4.78, 5) is 12.0. The molecule has 0 aromatic heterocycles. The Morgan fingerprint density at radius 1 is 1.26 bits per heavy atom. The van der Waals surface area contributed by atoms with Gasteiger partial charge in [-0.3, -0.25) is 0 Å². The van der Waals surface area contributed by atoms with Crippen LogP contribution in [0.3, 0.4) is 0 Å². The molecule has 1 rings (SSSR count). The molecule has 1 aliphatic rings. The van der Waals surface area contributed by atoms with Crippen molar-refractivity contribution < 1.29 is 19.0 Å². The molecule has 0 aromatic carbocycles. The fraction of sp³-hybridized carbons (Fsp3) is 0.800. The Labute approximate surface area is 116 Å². The van der Waals surface area contributed by atoms with Crippen LogP contribution < -0.4 is 0 Å². The molecule has 0 N–H and O–H groups in total. The first-order valence-electron chi connectivity index (χ1n) is 7.23. The molecule has 4 nitrogen and oxygen atoms in total. The van der Waals surface area contributed by atoms with Gasteiger partial charge in [-0.25, -0.2) is 4.79 Å². The van der Waals surface area contributed by atoms with E-state index in [0.29, 0.717) is 17.9 Å². The second kappa shape index (κ2) is 8.20. The van der Waals surface area contributed by atoms with Gasteiger partial charge in [-0.05, 0) is 20.3 Å². The first-order valence-corrected chi connectivity index (χ1v) is 7.23. The predicted octanol–water partition coefficient (Wildman–Crippen LogP) is 3.41. The van der Waals surface area contributed by atoms with E-state index in [0.717, 1.165) is 12.8 Å². The number of rotatable bonds is 8. The highest BCUT2D eigenvalue weighted by molar-refractivity contribution is 5.90. The van der Waals surface area contributed by atoms with E-state index in [2.05, 4.69) is 6.92 Å².